The third kappa shape index (κ3) is 6.69. The number of hydrogen-bond donors (Lipinski definition) is 1. The number of halogens is 1. The van der Waals surface area contributed by atoms with Gasteiger partial charge in [0.15, 0.2) is 0 Å². The Morgan fingerprint density at radius 2 is 1.79 bits per heavy atom. The molecular formula is C24H23ClN2O5S. The highest BCUT2D eigenvalue weighted by molar-refractivity contribution is 7.89. The van der Waals surface area contributed by atoms with Crippen LogP contribution in [-0.4, -0.2) is 32.2 Å². The molecule has 172 valence electrons. The Balaban J connectivity index is 1.39. The number of amides is 1. The average Bonchev–Trinajstić information content (AvgIpc) is 3.61. The van der Waals surface area contributed by atoms with Gasteiger partial charge in [-0.15, -0.1) is 0 Å². The molecule has 1 aromatic heterocycles. The van der Waals surface area contributed by atoms with Crippen LogP contribution >= 0.6 is 11.6 Å². The summed E-state index contributed by atoms with van der Waals surface area (Å²) in [6.07, 6.45) is 5.15. The minimum absolute atomic E-state index is 0.226. The predicted octanol–water partition coefficient (Wildman–Crippen LogP) is 4.46. The van der Waals surface area contributed by atoms with Crippen molar-refractivity contribution in [2.45, 2.75) is 19.4 Å². The van der Waals surface area contributed by atoms with E-state index in [0.717, 1.165) is 22.9 Å². The summed E-state index contributed by atoms with van der Waals surface area (Å²) in [6, 6.07) is 15.8. The second kappa shape index (κ2) is 9.80. The van der Waals surface area contributed by atoms with E-state index < -0.39 is 15.9 Å². The summed E-state index contributed by atoms with van der Waals surface area (Å²) >= 11 is 6.31. The molecule has 0 atom stereocenters. The van der Waals surface area contributed by atoms with Crippen molar-refractivity contribution in [1.82, 2.24) is 9.71 Å². The number of sulfonamides is 1. The summed E-state index contributed by atoms with van der Waals surface area (Å²) < 4.78 is 35.9. The van der Waals surface area contributed by atoms with E-state index in [9.17, 15) is 13.2 Å². The zero-order valence-corrected chi connectivity index (χ0v) is 19.5. The van der Waals surface area contributed by atoms with E-state index in [0.29, 0.717) is 29.2 Å². The fraction of sp³-hybridized carbons (Fsp3) is 0.250. The number of benzene rings is 2. The average molecular weight is 487 g/mol. The number of ether oxygens (including phenoxy) is 2. The van der Waals surface area contributed by atoms with E-state index in [1.165, 1.54) is 25.0 Å². The van der Waals surface area contributed by atoms with E-state index in [4.69, 9.17) is 21.1 Å². The van der Waals surface area contributed by atoms with Crippen LogP contribution in [0.25, 0.3) is 11.1 Å². The molecule has 0 saturated heterocycles. The predicted molar refractivity (Wildman–Crippen MR) is 126 cm³/mol. The molecule has 3 aromatic rings. The van der Waals surface area contributed by atoms with Crippen LogP contribution in [0.2, 0.25) is 5.02 Å². The van der Waals surface area contributed by atoms with Gasteiger partial charge in [0.25, 0.3) is 5.91 Å². The summed E-state index contributed by atoms with van der Waals surface area (Å²) in [6.45, 7) is 0.942. The standard InChI is InChI=1S/C24H23ClN2O5S/c1-33(29,30)27-24(28)18-6-4-17(5-7-18)14-31-22-12-19(8-10-21(22)25)20-9-11-23(26-13-20)32-15-16-2-3-16/h4-13,16H,2-3,14-15H2,1H3,(H,27,28). The fourth-order valence-electron chi connectivity index (χ4n) is 3.06. The number of nitrogens with zero attached hydrogens (tertiary/aromatic N) is 1. The van der Waals surface area contributed by atoms with Crippen LogP contribution in [0.4, 0.5) is 0 Å². The first-order chi connectivity index (χ1) is 15.8. The third-order valence-electron chi connectivity index (χ3n) is 5.05. The highest BCUT2D eigenvalue weighted by Gasteiger charge is 2.22. The first-order valence-corrected chi connectivity index (χ1v) is 12.7. The number of nitrogens with one attached hydrogen (secondary N) is 1. The van der Waals surface area contributed by atoms with Crippen LogP contribution in [0.15, 0.2) is 60.8 Å². The highest BCUT2D eigenvalue weighted by atomic mass is 35.5. The van der Waals surface area contributed by atoms with Crippen LogP contribution in [0.1, 0.15) is 28.8 Å². The Hall–Kier alpha value is -3.10. The molecule has 1 aliphatic rings. The normalized spacial score (nSPS) is 13.4. The van der Waals surface area contributed by atoms with Gasteiger partial charge in [-0.2, -0.15) is 0 Å². The van der Waals surface area contributed by atoms with E-state index in [2.05, 4.69) is 4.98 Å². The SMILES string of the molecule is CS(=O)(=O)NC(=O)c1ccc(COc2cc(-c3ccc(OCC4CC4)nc3)ccc2Cl)cc1. The summed E-state index contributed by atoms with van der Waals surface area (Å²) in [5.74, 6) is 1.12. The molecule has 0 unspecified atom stereocenters. The van der Waals surface area contributed by atoms with E-state index in [1.54, 1.807) is 24.4 Å². The van der Waals surface area contributed by atoms with Crippen LogP contribution in [0.5, 0.6) is 11.6 Å². The zero-order chi connectivity index (χ0) is 23.4. The van der Waals surface area contributed by atoms with Crippen molar-refractivity contribution in [2.75, 3.05) is 12.9 Å². The monoisotopic (exact) mass is 486 g/mol. The van der Waals surface area contributed by atoms with Crippen LogP contribution in [0.3, 0.4) is 0 Å². The van der Waals surface area contributed by atoms with Crippen LogP contribution in [0, 0.1) is 5.92 Å². The van der Waals surface area contributed by atoms with Gasteiger partial charge in [0, 0.05) is 23.4 Å². The molecule has 0 spiro atoms. The molecule has 1 amide bonds. The van der Waals surface area contributed by atoms with Crippen molar-refractivity contribution >= 4 is 27.5 Å². The van der Waals surface area contributed by atoms with Gasteiger partial charge in [-0.05, 0) is 60.2 Å². The van der Waals surface area contributed by atoms with Crippen molar-refractivity contribution < 1.29 is 22.7 Å². The Morgan fingerprint density at radius 3 is 2.42 bits per heavy atom. The second-order valence-corrected chi connectivity index (χ2v) is 10.1. The minimum atomic E-state index is -3.62. The number of hydrogen-bond acceptors (Lipinski definition) is 6. The van der Waals surface area contributed by atoms with Gasteiger partial charge in [0.2, 0.25) is 15.9 Å². The second-order valence-electron chi connectivity index (χ2n) is 7.97. The number of carbonyl (C=O) groups is 1. The Kier molecular flexibility index (Phi) is 6.85. The van der Waals surface area contributed by atoms with Crippen molar-refractivity contribution in [3.05, 3.63) is 76.9 Å². The molecule has 1 heterocycles. The molecule has 0 radical (unpaired) electrons. The van der Waals surface area contributed by atoms with Crippen molar-refractivity contribution in [1.29, 1.82) is 0 Å². The number of carbonyl (C=O) groups excluding carboxylic acids is 1. The number of pyridine rings is 1. The quantitative estimate of drug-likeness (QED) is 0.480. The molecule has 2 aromatic carbocycles. The van der Waals surface area contributed by atoms with Gasteiger partial charge in [0.1, 0.15) is 12.4 Å². The lowest BCUT2D eigenvalue weighted by Gasteiger charge is -2.11. The summed E-state index contributed by atoms with van der Waals surface area (Å²) in [7, 11) is -3.62. The molecule has 33 heavy (non-hydrogen) atoms. The number of aromatic nitrogens is 1. The first kappa shape index (κ1) is 23.1. The smallest absolute Gasteiger partial charge is 0.264 e. The lowest BCUT2D eigenvalue weighted by atomic mass is 10.1. The van der Waals surface area contributed by atoms with Crippen LogP contribution in [-0.2, 0) is 16.6 Å². The van der Waals surface area contributed by atoms with Gasteiger partial charge in [-0.3, -0.25) is 4.79 Å². The van der Waals surface area contributed by atoms with Gasteiger partial charge in [-0.25, -0.2) is 18.1 Å². The zero-order valence-electron chi connectivity index (χ0n) is 18.0. The van der Waals surface area contributed by atoms with E-state index in [1.807, 2.05) is 29.0 Å². The van der Waals surface area contributed by atoms with Crippen LogP contribution < -0.4 is 14.2 Å². The van der Waals surface area contributed by atoms with Gasteiger partial charge >= 0.3 is 0 Å². The largest absolute Gasteiger partial charge is 0.487 e. The number of rotatable bonds is 9. The first-order valence-electron chi connectivity index (χ1n) is 10.4. The Morgan fingerprint density at radius 1 is 1.06 bits per heavy atom. The van der Waals surface area contributed by atoms with Crippen molar-refractivity contribution in [3.8, 4) is 22.8 Å². The summed E-state index contributed by atoms with van der Waals surface area (Å²) in [5, 5.41) is 0.472. The van der Waals surface area contributed by atoms with E-state index >= 15 is 0 Å². The maximum absolute atomic E-state index is 11.9. The maximum Gasteiger partial charge on any atom is 0.264 e. The molecule has 9 heteroatoms. The summed E-state index contributed by atoms with van der Waals surface area (Å²) in [5.41, 5.74) is 2.85. The van der Waals surface area contributed by atoms with Crippen molar-refractivity contribution in [3.63, 3.8) is 0 Å². The van der Waals surface area contributed by atoms with Crippen molar-refractivity contribution in [2.24, 2.45) is 5.92 Å². The Labute approximate surface area is 197 Å². The molecule has 1 N–H and O–H groups in total. The third-order valence-corrected chi connectivity index (χ3v) is 5.92. The van der Waals surface area contributed by atoms with E-state index in [-0.39, 0.29) is 12.2 Å². The minimum Gasteiger partial charge on any atom is -0.487 e. The lowest BCUT2D eigenvalue weighted by Crippen LogP contribution is -2.29. The topological polar surface area (TPSA) is 94.6 Å². The fourth-order valence-corrected chi connectivity index (χ4v) is 3.69. The molecule has 4 rings (SSSR count). The molecular weight excluding hydrogens is 464 g/mol. The molecule has 0 bridgehead atoms. The van der Waals surface area contributed by atoms with Gasteiger partial charge in [0.05, 0.1) is 17.9 Å². The molecule has 7 nitrogen and oxygen atoms in total. The maximum atomic E-state index is 11.9. The molecule has 0 aliphatic heterocycles. The summed E-state index contributed by atoms with van der Waals surface area (Å²) in [4.78, 5) is 16.3. The highest BCUT2D eigenvalue weighted by Crippen LogP contribution is 2.32. The molecule has 1 saturated carbocycles. The van der Waals surface area contributed by atoms with Gasteiger partial charge in [-0.1, -0.05) is 29.8 Å². The molecule has 1 fully saturated rings. The van der Waals surface area contributed by atoms with Gasteiger partial charge < -0.3 is 9.47 Å². The molecule has 1 aliphatic carbocycles. The Bertz CT molecular complexity index is 1240. The lowest BCUT2D eigenvalue weighted by molar-refractivity contribution is 0.0981.